The molecule has 0 saturated carbocycles. The first-order valence-electron chi connectivity index (χ1n) is 4.79. The molecule has 1 amide bonds. The van der Waals surface area contributed by atoms with E-state index in [0.29, 0.717) is 12.1 Å². The Morgan fingerprint density at radius 3 is 3.00 bits per heavy atom. The Labute approximate surface area is 109 Å². The van der Waals surface area contributed by atoms with Crippen molar-refractivity contribution in [3.8, 4) is 0 Å². The molecule has 1 aliphatic heterocycles. The molecule has 5 nitrogen and oxygen atoms in total. The van der Waals surface area contributed by atoms with Crippen LogP contribution in [0.4, 0.5) is 0 Å². The Bertz CT molecular complexity index is 475. The largest absolute Gasteiger partial charge is 0.418 e. The van der Waals surface area contributed by atoms with Gasteiger partial charge in [0.1, 0.15) is 5.70 Å². The van der Waals surface area contributed by atoms with Crippen molar-refractivity contribution in [1.82, 2.24) is 15.3 Å². The lowest BCUT2D eigenvalue weighted by Crippen LogP contribution is -2.29. The molecule has 1 aliphatic rings. The van der Waals surface area contributed by atoms with Gasteiger partial charge in [-0.25, -0.2) is 0 Å². The number of hydrogen-bond acceptors (Lipinski definition) is 2. The van der Waals surface area contributed by atoms with E-state index in [1.54, 1.807) is 6.21 Å². The smallest absolute Gasteiger partial charge is 0.376 e. The number of nitrogens with zero attached hydrogens (tertiary/aromatic N) is 1. The van der Waals surface area contributed by atoms with Gasteiger partial charge in [0.05, 0.1) is 6.42 Å². The van der Waals surface area contributed by atoms with Gasteiger partial charge in [0.25, 0.3) is 6.21 Å². The summed E-state index contributed by atoms with van der Waals surface area (Å²) in [6.45, 7) is 1.88. The lowest BCUT2D eigenvalue weighted by molar-refractivity contribution is -0.115. The fraction of sp³-hybridized carbons (Fsp3) is 0.200. The highest BCUT2D eigenvalue weighted by Gasteiger charge is 2.21. The standard InChI is InChI=1S/C10H11ClN4OS/c1-6-2-4-13-9(11)8(6)15-7(16)3-5-14-10(12)17/h3-5H,2H2,1H3,(H3-,12,14,15,16,17)/p+1. The maximum absolute atomic E-state index is 11.5. The summed E-state index contributed by atoms with van der Waals surface area (Å²) < 4.78 is 3.93. The average molecular weight is 272 g/mol. The molecular weight excluding hydrogens is 260 g/mol. The molecule has 7 heteroatoms. The summed E-state index contributed by atoms with van der Waals surface area (Å²) in [4.78, 5) is 11.5. The van der Waals surface area contributed by atoms with Gasteiger partial charge in [0.15, 0.2) is 5.11 Å². The van der Waals surface area contributed by atoms with Gasteiger partial charge in [-0.15, -0.1) is 0 Å². The van der Waals surface area contributed by atoms with Crippen LogP contribution in [0.3, 0.4) is 0 Å². The minimum atomic E-state index is -0.335. The fourth-order valence-corrected chi connectivity index (χ4v) is 1.47. The van der Waals surface area contributed by atoms with Gasteiger partial charge >= 0.3 is 5.17 Å². The lowest BCUT2D eigenvalue weighted by Gasteiger charge is -2.05. The van der Waals surface area contributed by atoms with Gasteiger partial charge in [0.2, 0.25) is 5.91 Å². The number of nitrogens with two attached hydrogens (primary N) is 1. The maximum atomic E-state index is 11.5. The summed E-state index contributed by atoms with van der Waals surface area (Å²) in [5, 5.41) is 5.53. The van der Waals surface area contributed by atoms with E-state index in [0.717, 1.165) is 5.57 Å². The van der Waals surface area contributed by atoms with Crippen LogP contribution in [0.15, 0.2) is 23.5 Å². The lowest BCUT2D eigenvalue weighted by atomic mass is 10.1. The van der Waals surface area contributed by atoms with Gasteiger partial charge in [-0.2, -0.15) is 0 Å². The molecule has 1 rings (SSSR count). The number of rotatable bonds is 3. The molecule has 0 aromatic carbocycles. The Balaban J connectivity index is 2.63. The summed E-state index contributed by atoms with van der Waals surface area (Å²) in [7, 11) is 0. The zero-order valence-corrected chi connectivity index (χ0v) is 10.7. The van der Waals surface area contributed by atoms with E-state index in [9.17, 15) is 4.79 Å². The molecule has 0 atom stereocenters. The third-order valence-electron chi connectivity index (χ3n) is 1.94. The van der Waals surface area contributed by atoms with Crippen molar-refractivity contribution >= 4 is 46.2 Å². The van der Waals surface area contributed by atoms with Gasteiger partial charge in [0, 0.05) is 23.9 Å². The summed E-state index contributed by atoms with van der Waals surface area (Å²) in [6.07, 6.45) is 4.98. The number of amides is 1. The second-order valence-corrected chi connectivity index (χ2v) is 4.09. The fourth-order valence-electron chi connectivity index (χ4n) is 1.13. The monoisotopic (exact) mass is 271 g/mol. The molecule has 0 radical (unpaired) electrons. The van der Waals surface area contributed by atoms with E-state index < -0.39 is 0 Å². The van der Waals surface area contributed by atoms with Crippen LogP contribution < -0.4 is 21.0 Å². The summed E-state index contributed by atoms with van der Waals surface area (Å²) in [5.41, 5.74) is 6.68. The van der Waals surface area contributed by atoms with E-state index in [1.807, 2.05) is 6.92 Å². The molecule has 0 fully saturated rings. The zero-order chi connectivity index (χ0) is 12.8. The maximum Gasteiger partial charge on any atom is 0.418 e. The Kier molecular flexibility index (Phi) is 4.90. The molecule has 1 heterocycles. The predicted molar refractivity (Wildman–Crippen MR) is 73.6 cm³/mol. The molecule has 0 aromatic rings. The first kappa shape index (κ1) is 13.4. The van der Waals surface area contributed by atoms with Crippen LogP contribution in [0, 0.1) is 0 Å². The van der Waals surface area contributed by atoms with Crippen molar-refractivity contribution in [1.29, 1.82) is 0 Å². The van der Waals surface area contributed by atoms with Gasteiger partial charge in [-0.05, 0) is 24.7 Å². The molecule has 90 valence electrons. The Hall–Kier alpha value is -1.62. The van der Waals surface area contributed by atoms with E-state index in [4.69, 9.17) is 17.3 Å². The normalized spacial score (nSPS) is 14.8. The molecule has 4 N–H and O–H groups in total. The van der Waals surface area contributed by atoms with Gasteiger partial charge in [-0.1, -0.05) is 4.67 Å². The minimum Gasteiger partial charge on any atom is -0.376 e. The summed E-state index contributed by atoms with van der Waals surface area (Å²) in [5.74, 6) is -0.335. The van der Waals surface area contributed by atoms with E-state index in [-0.39, 0.29) is 16.2 Å². The third-order valence-corrected chi connectivity index (χ3v) is 2.35. The van der Waals surface area contributed by atoms with Gasteiger partial charge in [-0.3, -0.25) is 4.79 Å². The van der Waals surface area contributed by atoms with Crippen molar-refractivity contribution in [2.45, 2.75) is 13.3 Å². The number of thiocarbonyl (C=S) groups is 1. The summed E-state index contributed by atoms with van der Waals surface area (Å²) in [6, 6.07) is 0. The van der Waals surface area contributed by atoms with Crippen LogP contribution in [0.25, 0.3) is 0 Å². The van der Waals surface area contributed by atoms with E-state index in [1.165, 1.54) is 12.3 Å². The Morgan fingerprint density at radius 1 is 1.71 bits per heavy atom. The average Bonchev–Trinajstić information content (AvgIpc) is 2.23. The molecule has 0 aromatic heterocycles. The number of nitrogens with one attached hydrogen (secondary N) is 2. The van der Waals surface area contributed by atoms with Crippen molar-refractivity contribution in [2.75, 3.05) is 0 Å². The van der Waals surface area contributed by atoms with Crippen LogP contribution in [-0.2, 0) is 4.79 Å². The Morgan fingerprint density at radius 2 is 2.41 bits per heavy atom. The number of carbonyl (C=O) groups excluding carboxylic acids is 1. The molecule has 0 saturated heterocycles. The van der Waals surface area contributed by atoms with Crippen molar-refractivity contribution in [3.05, 3.63) is 23.5 Å². The molecule has 0 bridgehead atoms. The second-order valence-electron chi connectivity index (χ2n) is 3.29. The SMILES string of the molecule is CC1=C(NC(=O)/C=C/NC(N)=S)C(Cl)=[N+]=CC1. The van der Waals surface area contributed by atoms with Crippen LogP contribution in [0.1, 0.15) is 13.3 Å². The number of halogens is 1. The first-order chi connectivity index (χ1) is 8.00. The van der Waals surface area contributed by atoms with E-state index >= 15 is 0 Å². The molecule has 0 spiro atoms. The highest BCUT2D eigenvalue weighted by atomic mass is 35.5. The van der Waals surface area contributed by atoms with Gasteiger partial charge < -0.3 is 16.4 Å². The highest BCUT2D eigenvalue weighted by Crippen LogP contribution is 2.09. The first-order valence-corrected chi connectivity index (χ1v) is 5.58. The van der Waals surface area contributed by atoms with Crippen LogP contribution in [0.2, 0.25) is 0 Å². The topological polar surface area (TPSA) is 81.2 Å². The van der Waals surface area contributed by atoms with Crippen molar-refractivity contribution in [3.63, 3.8) is 0 Å². The van der Waals surface area contributed by atoms with Crippen molar-refractivity contribution < 1.29 is 4.79 Å². The molecular formula is C10H12ClN4OS+. The summed E-state index contributed by atoms with van der Waals surface area (Å²) >= 11 is 10.4. The number of carbonyl (C=O) groups is 1. The zero-order valence-electron chi connectivity index (χ0n) is 9.16. The molecule has 0 unspecified atom stereocenters. The second kappa shape index (κ2) is 6.20. The van der Waals surface area contributed by atoms with Crippen LogP contribution in [-0.4, -0.2) is 22.4 Å². The van der Waals surface area contributed by atoms with Crippen molar-refractivity contribution in [2.24, 2.45) is 5.73 Å². The third kappa shape index (κ3) is 4.40. The molecule has 0 aliphatic carbocycles. The van der Waals surface area contributed by atoms with Crippen LogP contribution >= 0.6 is 23.8 Å². The number of allylic oxidation sites excluding steroid dienone is 2. The van der Waals surface area contributed by atoms with Crippen LogP contribution in [0.5, 0.6) is 0 Å². The highest BCUT2D eigenvalue weighted by molar-refractivity contribution is 7.80. The molecule has 17 heavy (non-hydrogen) atoms. The predicted octanol–water partition coefficient (Wildman–Crippen LogP) is -0.0975. The van der Waals surface area contributed by atoms with E-state index in [2.05, 4.69) is 27.5 Å². The minimum absolute atomic E-state index is 0.0938. The number of hydrogen-bond donors (Lipinski definition) is 3. The quantitative estimate of drug-likeness (QED) is 0.380.